The molecule has 1 aromatic heterocycles. The van der Waals surface area contributed by atoms with Crippen LogP contribution < -0.4 is 14.9 Å². The summed E-state index contributed by atoms with van der Waals surface area (Å²) in [5.74, 6) is -0.261. The Labute approximate surface area is 241 Å². The minimum atomic E-state index is -3.80. The molecule has 8 nitrogen and oxygen atoms in total. The Morgan fingerprint density at radius 1 is 1.03 bits per heavy atom. The van der Waals surface area contributed by atoms with Gasteiger partial charge in [-0.3, -0.25) is 14.4 Å². The highest BCUT2D eigenvalue weighted by molar-refractivity contribution is 7.92. The highest BCUT2D eigenvalue weighted by Crippen LogP contribution is 2.35. The molecule has 2 heterocycles. The number of hydrogen-bond donors (Lipinski definition) is 2. The Morgan fingerprint density at radius 2 is 1.77 bits per heavy atom. The maximum absolute atomic E-state index is 12.7. The van der Waals surface area contributed by atoms with E-state index in [1.807, 2.05) is 19.1 Å². The van der Waals surface area contributed by atoms with Gasteiger partial charge >= 0.3 is 0 Å². The number of piperazine rings is 1. The van der Waals surface area contributed by atoms with E-state index in [1.54, 1.807) is 29.5 Å². The van der Waals surface area contributed by atoms with E-state index in [0.717, 1.165) is 52.1 Å². The van der Waals surface area contributed by atoms with Crippen LogP contribution in [0.25, 0.3) is 10.2 Å². The normalized spacial score (nSPS) is 14.5. The van der Waals surface area contributed by atoms with Gasteiger partial charge in [0, 0.05) is 55.5 Å². The Bertz CT molecular complexity index is 1560. The first-order valence-corrected chi connectivity index (χ1v) is 15.4. The molecule has 0 aliphatic carbocycles. The van der Waals surface area contributed by atoms with Crippen molar-refractivity contribution in [3.05, 3.63) is 81.8 Å². The Kier molecular flexibility index (Phi) is 8.29. The summed E-state index contributed by atoms with van der Waals surface area (Å²) in [6.07, 6.45) is 0. The van der Waals surface area contributed by atoms with Crippen molar-refractivity contribution in [2.75, 3.05) is 48.9 Å². The summed E-state index contributed by atoms with van der Waals surface area (Å²) >= 11 is 13.9. The van der Waals surface area contributed by atoms with Crippen LogP contribution in [0.15, 0.2) is 65.6 Å². The van der Waals surface area contributed by atoms with Gasteiger partial charge < -0.3 is 10.2 Å². The summed E-state index contributed by atoms with van der Waals surface area (Å²) < 4.78 is 28.9. The quantitative estimate of drug-likeness (QED) is 0.285. The van der Waals surface area contributed by atoms with E-state index in [2.05, 4.69) is 19.8 Å². The third kappa shape index (κ3) is 6.47. The molecule has 1 aliphatic heterocycles. The van der Waals surface area contributed by atoms with E-state index >= 15 is 0 Å². The number of halogens is 2. The Balaban J connectivity index is 1.11. The fraction of sp³-hybridized carbons (Fsp3) is 0.259. The Morgan fingerprint density at radius 3 is 2.49 bits per heavy atom. The molecule has 0 unspecified atom stereocenters. The van der Waals surface area contributed by atoms with Crippen molar-refractivity contribution in [2.24, 2.45) is 0 Å². The number of carbonyl (C=O) groups excluding carboxylic acids is 1. The molecular weight excluding hydrogens is 577 g/mol. The zero-order chi connectivity index (χ0) is 27.6. The number of hydrogen-bond acceptors (Lipinski definition) is 7. The minimum absolute atomic E-state index is 0.0869. The highest BCUT2D eigenvalue weighted by atomic mass is 35.5. The summed E-state index contributed by atoms with van der Waals surface area (Å²) in [5, 5.41) is 5.10. The largest absolute Gasteiger partial charge is 0.351 e. The molecular formula is C27H27Cl2N5O3S2. The Hall–Kier alpha value is -2.89. The maximum Gasteiger partial charge on any atom is 0.261 e. The fourth-order valence-corrected chi connectivity index (χ4v) is 6.91. The second-order valence-corrected chi connectivity index (χ2v) is 12.8. The molecule has 1 fully saturated rings. The summed E-state index contributed by atoms with van der Waals surface area (Å²) in [7, 11) is -3.80. The molecule has 204 valence electrons. The van der Waals surface area contributed by atoms with Gasteiger partial charge in [-0.2, -0.15) is 0 Å². The summed E-state index contributed by atoms with van der Waals surface area (Å²) in [5.41, 5.74) is 2.77. The van der Waals surface area contributed by atoms with Crippen molar-refractivity contribution in [1.29, 1.82) is 0 Å². The standard InChI is InChI=1S/C27H27Cl2N5O3S2/c1-18-5-10-23(29)25-24(18)31-27(38-25)34-15-13-33(14-16-34)12-11-30-26(35)19-3-2-4-21(17-19)32-39(36,37)22-8-6-20(28)7-9-22/h2-10,17,32H,11-16H2,1H3,(H,30,35). The van der Waals surface area contributed by atoms with Crippen molar-refractivity contribution in [3.8, 4) is 0 Å². The average molecular weight is 605 g/mol. The number of aromatic nitrogens is 1. The number of thiazole rings is 1. The lowest BCUT2D eigenvalue weighted by Crippen LogP contribution is -2.48. The number of fused-ring (bicyclic) bond motifs is 1. The first kappa shape index (κ1) is 27.7. The molecule has 0 bridgehead atoms. The van der Waals surface area contributed by atoms with E-state index in [4.69, 9.17) is 28.2 Å². The van der Waals surface area contributed by atoms with Crippen LogP contribution in [-0.4, -0.2) is 63.5 Å². The summed E-state index contributed by atoms with van der Waals surface area (Å²) in [6, 6.07) is 16.2. The predicted molar refractivity (Wildman–Crippen MR) is 159 cm³/mol. The van der Waals surface area contributed by atoms with Crippen LogP contribution in [0.5, 0.6) is 0 Å². The van der Waals surface area contributed by atoms with Gasteiger partial charge in [0.1, 0.15) is 0 Å². The van der Waals surface area contributed by atoms with Gasteiger partial charge in [0.05, 0.1) is 20.1 Å². The molecule has 2 N–H and O–H groups in total. The lowest BCUT2D eigenvalue weighted by molar-refractivity contribution is 0.0948. The molecule has 4 aromatic rings. The second kappa shape index (κ2) is 11.7. The van der Waals surface area contributed by atoms with Gasteiger partial charge in [0.25, 0.3) is 15.9 Å². The third-order valence-corrected chi connectivity index (χ3v) is 9.77. The first-order valence-electron chi connectivity index (χ1n) is 12.4. The van der Waals surface area contributed by atoms with E-state index in [-0.39, 0.29) is 10.8 Å². The van der Waals surface area contributed by atoms with Gasteiger partial charge in [0.2, 0.25) is 0 Å². The zero-order valence-corrected chi connectivity index (χ0v) is 24.3. The first-order chi connectivity index (χ1) is 18.7. The van der Waals surface area contributed by atoms with Gasteiger partial charge in [-0.25, -0.2) is 13.4 Å². The van der Waals surface area contributed by atoms with Gasteiger partial charge in [-0.05, 0) is 61.0 Å². The zero-order valence-electron chi connectivity index (χ0n) is 21.2. The van der Waals surface area contributed by atoms with Crippen molar-refractivity contribution in [1.82, 2.24) is 15.2 Å². The monoisotopic (exact) mass is 603 g/mol. The van der Waals surface area contributed by atoms with Gasteiger partial charge in [0.15, 0.2) is 5.13 Å². The van der Waals surface area contributed by atoms with Crippen molar-refractivity contribution in [2.45, 2.75) is 11.8 Å². The van der Waals surface area contributed by atoms with E-state index in [0.29, 0.717) is 29.4 Å². The van der Waals surface area contributed by atoms with Crippen molar-refractivity contribution >= 4 is 71.5 Å². The molecule has 0 spiro atoms. The number of benzene rings is 3. The molecule has 0 radical (unpaired) electrons. The summed E-state index contributed by atoms with van der Waals surface area (Å²) in [6.45, 7) is 6.66. The number of carbonyl (C=O) groups is 1. The van der Waals surface area contributed by atoms with Crippen LogP contribution in [0.4, 0.5) is 10.8 Å². The molecule has 5 rings (SSSR count). The molecule has 0 atom stereocenters. The lowest BCUT2D eigenvalue weighted by atomic mass is 10.2. The number of aryl methyl sites for hydroxylation is 1. The van der Waals surface area contributed by atoms with Gasteiger partial charge in [-0.1, -0.05) is 46.7 Å². The molecule has 3 aromatic carbocycles. The number of amides is 1. The highest BCUT2D eigenvalue weighted by Gasteiger charge is 2.21. The molecule has 39 heavy (non-hydrogen) atoms. The smallest absolute Gasteiger partial charge is 0.261 e. The van der Waals surface area contributed by atoms with Gasteiger partial charge in [-0.15, -0.1) is 0 Å². The third-order valence-electron chi connectivity index (χ3n) is 6.54. The number of anilines is 2. The SMILES string of the molecule is Cc1ccc(Cl)c2sc(N3CCN(CCNC(=O)c4cccc(NS(=O)(=O)c5ccc(Cl)cc5)c4)CC3)nc12. The van der Waals surface area contributed by atoms with Crippen LogP contribution in [0.1, 0.15) is 15.9 Å². The topological polar surface area (TPSA) is 94.6 Å². The van der Waals surface area contributed by atoms with E-state index in [9.17, 15) is 13.2 Å². The number of rotatable bonds is 8. The molecule has 1 aliphatic rings. The lowest BCUT2D eigenvalue weighted by Gasteiger charge is -2.34. The number of nitrogens with zero attached hydrogens (tertiary/aromatic N) is 3. The average Bonchev–Trinajstić information content (AvgIpc) is 3.38. The molecule has 12 heteroatoms. The molecule has 0 saturated carbocycles. The molecule has 1 amide bonds. The molecule has 1 saturated heterocycles. The van der Waals surface area contributed by atoms with Crippen LogP contribution in [0, 0.1) is 6.92 Å². The van der Waals surface area contributed by atoms with E-state index in [1.165, 1.54) is 30.3 Å². The maximum atomic E-state index is 12.7. The summed E-state index contributed by atoms with van der Waals surface area (Å²) in [4.78, 5) is 22.2. The van der Waals surface area contributed by atoms with Crippen molar-refractivity contribution in [3.63, 3.8) is 0 Å². The van der Waals surface area contributed by atoms with Crippen LogP contribution in [0.3, 0.4) is 0 Å². The number of sulfonamides is 1. The minimum Gasteiger partial charge on any atom is -0.351 e. The van der Waals surface area contributed by atoms with Crippen LogP contribution in [0.2, 0.25) is 10.0 Å². The van der Waals surface area contributed by atoms with E-state index < -0.39 is 10.0 Å². The second-order valence-electron chi connectivity index (χ2n) is 9.26. The fourth-order valence-electron chi connectivity index (χ4n) is 4.37. The van der Waals surface area contributed by atoms with Crippen LogP contribution in [-0.2, 0) is 10.0 Å². The van der Waals surface area contributed by atoms with Crippen LogP contribution >= 0.6 is 34.5 Å². The number of nitrogens with one attached hydrogen (secondary N) is 2. The van der Waals surface area contributed by atoms with Crippen molar-refractivity contribution < 1.29 is 13.2 Å². The predicted octanol–water partition coefficient (Wildman–Crippen LogP) is 5.26.